The number of hydrogen-bond donors (Lipinski definition) is 1. The van der Waals surface area contributed by atoms with Gasteiger partial charge in [0.2, 0.25) is 5.91 Å². The van der Waals surface area contributed by atoms with E-state index in [0.29, 0.717) is 13.1 Å². The second-order valence-corrected chi connectivity index (χ2v) is 7.36. The van der Waals surface area contributed by atoms with E-state index in [4.69, 9.17) is 0 Å². The van der Waals surface area contributed by atoms with Crippen LogP contribution in [0, 0.1) is 6.92 Å². The Balaban J connectivity index is 1.54. The number of amides is 2. The summed E-state index contributed by atoms with van der Waals surface area (Å²) in [7, 11) is 0. The van der Waals surface area contributed by atoms with Crippen LogP contribution in [0.25, 0.3) is 0 Å². The van der Waals surface area contributed by atoms with E-state index >= 15 is 0 Å². The van der Waals surface area contributed by atoms with E-state index in [0.717, 1.165) is 27.8 Å². The van der Waals surface area contributed by atoms with Crippen molar-refractivity contribution in [2.75, 3.05) is 0 Å². The van der Waals surface area contributed by atoms with Gasteiger partial charge in [0.1, 0.15) is 0 Å². The van der Waals surface area contributed by atoms with Gasteiger partial charge in [-0.05, 0) is 35.7 Å². The Kier molecular flexibility index (Phi) is 5.38. The van der Waals surface area contributed by atoms with Gasteiger partial charge in [0.15, 0.2) is 0 Å². The molecule has 1 aromatic heterocycles. The van der Waals surface area contributed by atoms with Gasteiger partial charge in [0.05, 0.1) is 12.5 Å². The van der Waals surface area contributed by atoms with E-state index in [9.17, 15) is 9.59 Å². The molecule has 29 heavy (non-hydrogen) atoms. The molecule has 2 amide bonds. The molecule has 0 saturated carbocycles. The number of nitrogens with one attached hydrogen (secondary N) is 1. The van der Waals surface area contributed by atoms with Crippen LogP contribution < -0.4 is 5.32 Å². The van der Waals surface area contributed by atoms with Crippen LogP contribution in [-0.4, -0.2) is 21.7 Å². The van der Waals surface area contributed by atoms with Crippen LogP contribution in [0.4, 0.5) is 0 Å². The van der Waals surface area contributed by atoms with Gasteiger partial charge >= 0.3 is 0 Å². The van der Waals surface area contributed by atoms with Crippen molar-refractivity contribution in [2.24, 2.45) is 0 Å². The van der Waals surface area contributed by atoms with E-state index in [-0.39, 0.29) is 24.3 Å². The second kappa shape index (κ2) is 8.27. The normalized spacial score (nSPS) is 13.8. The van der Waals surface area contributed by atoms with Crippen molar-refractivity contribution in [3.8, 4) is 0 Å². The zero-order valence-corrected chi connectivity index (χ0v) is 16.3. The van der Waals surface area contributed by atoms with Crippen molar-refractivity contribution in [3.63, 3.8) is 0 Å². The van der Waals surface area contributed by atoms with Crippen molar-refractivity contribution in [1.29, 1.82) is 0 Å². The molecule has 0 bridgehead atoms. The minimum Gasteiger partial charge on any atom is -0.352 e. The van der Waals surface area contributed by atoms with E-state index in [1.165, 1.54) is 0 Å². The SMILES string of the molecule is Cc1ccc([C@H](CC(=O)NCc2cccnc2)N2Cc3ccccc3C2=O)cc1. The predicted molar refractivity (Wildman–Crippen MR) is 111 cm³/mol. The number of pyridine rings is 1. The van der Waals surface area contributed by atoms with Crippen molar-refractivity contribution < 1.29 is 9.59 Å². The molecule has 2 heterocycles. The smallest absolute Gasteiger partial charge is 0.255 e. The average Bonchev–Trinajstić information content (AvgIpc) is 3.08. The first kappa shape index (κ1) is 18.9. The summed E-state index contributed by atoms with van der Waals surface area (Å²) in [5.74, 6) is -0.116. The number of nitrogens with zero attached hydrogens (tertiary/aromatic N) is 2. The van der Waals surface area contributed by atoms with Gasteiger partial charge < -0.3 is 10.2 Å². The molecule has 1 aliphatic heterocycles. The fourth-order valence-corrected chi connectivity index (χ4v) is 3.68. The molecule has 0 unspecified atom stereocenters. The molecule has 2 aromatic carbocycles. The molecule has 0 radical (unpaired) electrons. The lowest BCUT2D eigenvalue weighted by atomic mass is 10.00. The van der Waals surface area contributed by atoms with Crippen molar-refractivity contribution in [3.05, 3.63) is 101 Å². The fourth-order valence-electron chi connectivity index (χ4n) is 3.68. The van der Waals surface area contributed by atoms with Crippen molar-refractivity contribution in [2.45, 2.75) is 32.5 Å². The Labute approximate surface area is 170 Å². The number of fused-ring (bicyclic) bond motifs is 1. The lowest BCUT2D eigenvalue weighted by Gasteiger charge is -2.28. The monoisotopic (exact) mass is 385 g/mol. The summed E-state index contributed by atoms with van der Waals surface area (Å²) in [6.45, 7) is 2.96. The summed E-state index contributed by atoms with van der Waals surface area (Å²) >= 11 is 0. The van der Waals surface area contributed by atoms with Crippen LogP contribution in [0.3, 0.4) is 0 Å². The Hall–Kier alpha value is -3.47. The lowest BCUT2D eigenvalue weighted by Crippen LogP contribution is -2.34. The Morgan fingerprint density at radius 3 is 2.62 bits per heavy atom. The van der Waals surface area contributed by atoms with Crippen LogP contribution in [0.1, 0.15) is 45.1 Å². The van der Waals surface area contributed by atoms with Gasteiger partial charge in [-0.15, -0.1) is 0 Å². The largest absolute Gasteiger partial charge is 0.352 e. The van der Waals surface area contributed by atoms with E-state index in [1.807, 2.05) is 67.6 Å². The van der Waals surface area contributed by atoms with Crippen LogP contribution in [0.15, 0.2) is 73.1 Å². The molecule has 0 saturated heterocycles. The number of carbonyl (C=O) groups excluding carboxylic acids is 2. The number of rotatable bonds is 6. The third-order valence-corrected chi connectivity index (χ3v) is 5.28. The van der Waals surface area contributed by atoms with Gasteiger partial charge in [0, 0.05) is 31.0 Å². The third-order valence-electron chi connectivity index (χ3n) is 5.28. The molecule has 0 fully saturated rings. The van der Waals surface area contributed by atoms with E-state index in [2.05, 4.69) is 10.3 Å². The van der Waals surface area contributed by atoms with Crippen LogP contribution in [0.5, 0.6) is 0 Å². The lowest BCUT2D eigenvalue weighted by molar-refractivity contribution is -0.122. The maximum Gasteiger partial charge on any atom is 0.255 e. The Morgan fingerprint density at radius 2 is 1.90 bits per heavy atom. The summed E-state index contributed by atoms with van der Waals surface area (Å²) in [5.41, 5.74) is 4.78. The number of hydrogen-bond acceptors (Lipinski definition) is 3. The summed E-state index contributed by atoms with van der Waals surface area (Å²) in [6.07, 6.45) is 3.65. The zero-order valence-electron chi connectivity index (χ0n) is 16.3. The number of aromatic nitrogens is 1. The molecule has 1 N–H and O–H groups in total. The quantitative estimate of drug-likeness (QED) is 0.702. The maximum atomic E-state index is 13.0. The average molecular weight is 385 g/mol. The molecule has 5 nitrogen and oxygen atoms in total. The first-order valence-electron chi connectivity index (χ1n) is 9.73. The molecule has 146 valence electrons. The van der Waals surface area contributed by atoms with Crippen LogP contribution >= 0.6 is 0 Å². The van der Waals surface area contributed by atoms with Crippen molar-refractivity contribution in [1.82, 2.24) is 15.2 Å². The maximum absolute atomic E-state index is 13.0. The summed E-state index contributed by atoms with van der Waals surface area (Å²) < 4.78 is 0. The molecule has 0 aliphatic carbocycles. The third kappa shape index (κ3) is 4.19. The molecular weight excluding hydrogens is 362 g/mol. The van der Waals surface area contributed by atoms with E-state index < -0.39 is 0 Å². The summed E-state index contributed by atoms with van der Waals surface area (Å²) in [6, 6.07) is 19.1. The molecule has 0 spiro atoms. The highest BCUT2D eigenvalue weighted by Crippen LogP contribution is 2.33. The van der Waals surface area contributed by atoms with E-state index in [1.54, 1.807) is 17.3 Å². The minimum atomic E-state index is -0.315. The van der Waals surface area contributed by atoms with Crippen molar-refractivity contribution >= 4 is 11.8 Å². The topological polar surface area (TPSA) is 62.3 Å². The standard InChI is InChI=1S/C24H23N3O2/c1-17-8-10-19(11-9-17)22(13-23(28)26-15-18-5-4-12-25-14-18)27-16-20-6-2-3-7-21(20)24(27)29/h2-12,14,22H,13,15-16H2,1H3,(H,26,28)/t22-/m0/s1. The molecule has 4 rings (SSSR count). The molecule has 1 aliphatic rings. The summed E-state index contributed by atoms with van der Waals surface area (Å²) in [4.78, 5) is 31.6. The molecular formula is C24H23N3O2. The number of benzene rings is 2. The highest BCUT2D eigenvalue weighted by atomic mass is 16.2. The highest BCUT2D eigenvalue weighted by Gasteiger charge is 2.34. The molecule has 1 atom stereocenters. The molecule has 3 aromatic rings. The number of aryl methyl sites for hydroxylation is 1. The first-order chi connectivity index (χ1) is 14.1. The fraction of sp³-hybridized carbons (Fsp3) is 0.208. The Morgan fingerprint density at radius 1 is 1.10 bits per heavy atom. The van der Waals surface area contributed by atoms with Gasteiger partial charge in [-0.2, -0.15) is 0 Å². The predicted octanol–water partition coefficient (Wildman–Crippen LogP) is 3.79. The summed E-state index contributed by atoms with van der Waals surface area (Å²) in [5, 5.41) is 2.95. The molecule has 5 heteroatoms. The second-order valence-electron chi connectivity index (χ2n) is 7.36. The minimum absolute atomic E-state index is 0.0220. The van der Waals surface area contributed by atoms with Gasteiger partial charge in [-0.25, -0.2) is 0 Å². The highest BCUT2D eigenvalue weighted by molar-refractivity contribution is 5.98. The number of carbonyl (C=O) groups is 2. The van der Waals surface area contributed by atoms with Gasteiger partial charge in [-0.1, -0.05) is 54.1 Å². The van der Waals surface area contributed by atoms with Crippen LogP contribution in [0.2, 0.25) is 0 Å². The van der Waals surface area contributed by atoms with Gasteiger partial charge in [-0.3, -0.25) is 14.6 Å². The Bertz CT molecular complexity index is 1020. The van der Waals surface area contributed by atoms with Gasteiger partial charge in [0.25, 0.3) is 5.91 Å². The zero-order chi connectivity index (χ0) is 20.2. The van der Waals surface area contributed by atoms with Crippen LogP contribution in [-0.2, 0) is 17.9 Å². The first-order valence-corrected chi connectivity index (χ1v) is 9.73.